The van der Waals surface area contributed by atoms with Crippen LogP contribution in [-0.2, 0) is 19.1 Å². The minimum absolute atomic E-state index is 0.00724. The van der Waals surface area contributed by atoms with Crippen LogP contribution >= 0.6 is 0 Å². The van der Waals surface area contributed by atoms with E-state index in [1.165, 1.54) is 6.08 Å². The number of ether oxygens (including phenoxy) is 1. The molecule has 0 bridgehead atoms. The Hall–Kier alpha value is -1.79. The molecule has 5 nitrogen and oxygen atoms in total. The largest absolute Gasteiger partial charge is 0.460 e. The van der Waals surface area contributed by atoms with E-state index in [1.807, 2.05) is 27.7 Å². The molecule has 0 aromatic rings. The predicted molar refractivity (Wildman–Crippen MR) is 122 cm³/mol. The first-order chi connectivity index (χ1) is 15.0. The molecule has 7 heteroatoms. The number of rotatable bonds is 15. The zero-order valence-corrected chi connectivity index (χ0v) is 20.3. The number of ketones is 1. The first-order valence-electron chi connectivity index (χ1n) is 12.1. The molecule has 1 unspecified atom stereocenters. The number of alkyl halides is 2. The predicted octanol–water partition coefficient (Wildman–Crippen LogP) is 6.00. The van der Waals surface area contributed by atoms with E-state index in [0.717, 1.165) is 44.6 Å². The Morgan fingerprint density at radius 1 is 1.06 bits per heavy atom. The molecule has 1 atom stereocenters. The van der Waals surface area contributed by atoms with Gasteiger partial charge in [0.05, 0.1) is 6.04 Å². The Morgan fingerprint density at radius 3 is 2.38 bits per heavy atom. The van der Waals surface area contributed by atoms with Crippen molar-refractivity contribution < 1.29 is 27.9 Å². The summed E-state index contributed by atoms with van der Waals surface area (Å²) in [7, 11) is 0. The fraction of sp³-hybridized carbons (Fsp3) is 0.800. The van der Waals surface area contributed by atoms with E-state index in [0.29, 0.717) is 38.6 Å². The molecule has 0 N–H and O–H groups in total. The van der Waals surface area contributed by atoms with Crippen molar-refractivity contribution >= 4 is 17.7 Å². The van der Waals surface area contributed by atoms with Crippen molar-refractivity contribution in [3.8, 4) is 0 Å². The molecular weight excluding hydrogens is 416 g/mol. The van der Waals surface area contributed by atoms with Gasteiger partial charge in [-0.15, -0.1) is 0 Å². The lowest BCUT2D eigenvalue weighted by molar-refractivity contribution is -0.155. The molecule has 1 rings (SSSR count). The van der Waals surface area contributed by atoms with Crippen LogP contribution in [-0.4, -0.2) is 46.7 Å². The van der Waals surface area contributed by atoms with Gasteiger partial charge in [-0.3, -0.25) is 14.4 Å². The first kappa shape index (κ1) is 28.2. The number of amides is 1. The number of unbranched alkanes of at least 4 members (excludes halogenated alkanes) is 6. The lowest BCUT2D eigenvalue weighted by Gasteiger charge is -2.22. The summed E-state index contributed by atoms with van der Waals surface area (Å²) in [4.78, 5) is 37.5. The van der Waals surface area contributed by atoms with E-state index in [-0.39, 0.29) is 17.9 Å². The van der Waals surface area contributed by atoms with Crippen molar-refractivity contribution in [1.82, 2.24) is 4.90 Å². The zero-order valence-electron chi connectivity index (χ0n) is 20.3. The third-order valence-electron chi connectivity index (χ3n) is 5.50. The molecule has 0 aliphatic carbocycles. The van der Waals surface area contributed by atoms with Crippen LogP contribution in [0.25, 0.3) is 0 Å². The van der Waals surface area contributed by atoms with Gasteiger partial charge in [0.25, 0.3) is 0 Å². The fourth-order valence-electron chi connectivity index (χ4n) is 3.76. The number of allylic oxidation sites excluding steroid dienone is 1. The van der Waals surface area contributed by atoms with Crippen molar-refractivity contribution in [2.24, 2.45) is 0 Å². The van der Waals surface area contributed by atoms with Crippen LogP contribution in [0.15, 0.2) is 12.2 Å². The average Bonchev–Trinajstić information content (AvgIpc) is 3.04. The van der Waals surface area contributed by atoms with Crippen LogP contribution in [0.5, 0.6) is 0 Å². The van der Waals surface area contributed by atoms with Gasteiger partial charge in [0.1, 0.15) is 5.60 Å². The number of esters is 1. The van der Waals surface area contributed by atoms with Gasteiger partial charge in [0, 0.05) is 25.8 Å². The Balaban J connectivity index is 2.38. The average molecular weight is 458 g/mol. The van der Waals surface area contributed by atoms with Gasteiger partial charge in [-0.2, -0.15) is 8.78 Å². The molecule has 0 saturated carbocycles. The standard InChI is InChI=1S/C25H41F2NO4/c1-5-6-7-11-18-25(26,27)21(29)16-14-20-15-17-22(30)28(20)19-12-9-8-10-13-23(31)32-24(2,3)4/h14,16,20H,5-13,15,17-19H2,1-4H3. The fourth-order valence-corrected chi connectivity index (χ4v) is 3.76. The Bertz CT molecular complexity index is 640. The summed E-state index contributed by atoms with van der Waals surface area (Å²) in [6.45, 7) is 8.05. The highest BCUT2D eigenvalue weighted by Gasteiger charge is 2.36. The summed E-state index contributed by atoms with van der Waals surface area (Å²) >= 11 is 0. The number of nitrogens with zero attached hydrogens (tertiary/aromatic N) is 1. The second kappa shape index (κ2) is 13.7. The summed E-state index contributed by atoms with van der Waals surface area (Å²) in [5.41, 5.74) is -0.476. The first-order valence-corrected chi connectivity index (χ1v) is 12.1. The Kier molecular flexibility index (Phi) is 12.1. The van der Waals surface area contributed by atoms with Crippen LogP contribution in [0.3, 0.4) is 0 Å². The molecule has 0 radical (unpaired) electrons. The summed E-state index contributed by atoms with van der Waals surface area (Å²) in [5.74, 6) is -4.72. The quantitative estimate of drug-likeness (QED) is 0.172. The monoisotopic (exact) mass is 457 g/mol. The molecule has 0 spiro atoms. The maximum absolute atomic E-state index is 14.0. The molecule has 0 aromatic carbocycles. The smallest absolute Gasteiger partial charge is 0.309 e. The third-order valence-corrected chi connectivity index (χ3v) is 5.50. The maximum Gasteiger partial charge on any atom is 0.309 e. The van der Waals surface area contributed by atoms with Crippen molar-refractivity contribution in [3.63, 3.8) is 0 Å². The number of carbonyl (C=O) groups excluding carboxylic acids is 3. The summed E-state index contributed by atoms with van der Waals surface area (Å²) in [6, 6.07) is -0.302. The van der Waals surface area contributed by atoms with E-state index in [2.05, 4.69) is 0 Å². The highest BCUT2D eigenvalue weighted by atomic mass is 19.3. The van der Waals surface area contributed by atoms with Gasteiger partial charge in [-0.25, -0.2) is 0 Å². The van der Waals surface area contributed by atoms with Gasteiger partial charge in [0.15, 0.2) is 0 Å². The van der Waals surface area contributed by atoms with Crippen LogP contribution in [0.4, 0.5) is 8.78 Å². The molecular formula is C25H41F2NO4. The molecule has 1 amide bonds. The van der Waals surface area contributed by atoms with Gasteiger partial charge < -0.3 is 9.64 Å². The minimum atomic E-state index is -3.34. The van der Waals surface area contributed by atoms with Crippen molar-refractivity contribution in [3.05, 3.63) is 12.2 Å². The summed E-state index contributed by atoms with van der Waals surface area (Å²) < 4.78 is 33.4. The zero-order chi connectivity index (χ0) is 24.2. The van der Waals surface area contributed by atoms with E-state index in [1.54, 1.807) is 4.90 Å². The number of carbonyl (C=O) groups is 3. The lowest BCUT2D eigenvalue weighted by atomic mass is 10.0. The van der Waals surface area contributed by atoms with Crippen LogP contribution in [0, 0.1) is 0 Å². The highest BCUT2D eigenvalue weighted by molar-refractivity contribution is 5.95. The number of halogens is 2. The van der Waals surface area contributed by atoms with Crippen LogP contribution in [0.2, 0.25) is 0 Å². The lowest BCUT2D eigenvalue weighted by Crippen LogP contribution is -2.33. The topological polar surface area (TPSA) is 63.7 Å². The second-order valence-corrected chi connectivity index (χ2v) is 9.68. The van der Waals surface area contributed by atoms with Crippen molar-refractivity contribution in [1.29, 1.82) is 0 Å². The molecule has 32 heavy (non-hydrogen) atoms. The minimum Gasteiger partial charge on any atom is -0.460 e. The molecule has 1 saturated heterocycles. The molecule has 0 aromatic heterocycles. The van der Waals surface area contributed by atoms with E-state index in [9.17, 15) is 23.2 Å². The number of hydrogen-bond donors (Lipinski definition) is 0. The van der Waals surface area contributed by atoms with Crippen LogP contribution < -0.4 is 0 Å². The Morgan fingerprint density at radius 2 is 1.72 bits per heavy atom. The highest BCUT2D eigenvalue weighted by Crippen LogP contribution is 2.25. The normalized spacial score (nSPS) is 17.4. The molecule has 1 fully saturated rings. The maximum atomic E-state index is 14.0. The number of hydrogen-bond acceptors (Lipinski definition) is 4. The molecule has 1 aliphatic rings. The second-order valence-electron chi connectivity index (χ2n) is 9.68. The SMILES string of the molecule is CCCCCCC(F)(F)C(=O)C=CC1CCC(=O)N1CCCCCCC(=O)OC(C)(C)C. The molecule has 184 valence electrons. The summed E-state index contributed by atoms with van der Waals surface area (Å²) in [5, 5.41) is 0. The van der Waals surface area contributed by atoms with Gasteiger partial charge in [-0.1, -0.05) is 45.1 Å². The van der Waals surface area contributed by atoms with E-state index >= 15 is 0 Å². The van der Waals surface area contributed by atoms with Crippen molar-refractivity contribution in [2.75, 3.05) is 6.54 Å². The van der Waals surface area contributed by atoms with Crippen molar-refractivity contribution in [2.45, 2.75) is 122 Å². The Labute approximate surface area is 191 Å². The van der Waals surface area contributed by atoms with Gasteiger partial charge >= 0.3 is 11.9 Å². The van der Waals surface area contributed by atoms with Gasteiger partial charge in [-0.05, 0) is 52.5 Å². The van der Waals surface area contributed by atoms with Gasteiger partial charge in [0.2, 0.25) is 11.7 Å². The van der Waals surface area contributed by atoms with E-state index in [4.69, 9.17) is 4.74 Å². The third kappa shape index (κ3) is 11.2. The number of likely N-dealkylation sites (tertiary alicyclic amines) is 1. The van der Waals surface area contributed by atoms with E-state index < -0.39 is 23.7 Å². The molecule has 1 heterocycles. The summed E-state index contributed by atoms with van der Waals surface area (Å²) in [6.07, 6.45) is 9.39. The van der Waals surface area contributed by atoms with Crippen LogP contribution in [0.1, 0.15) is 105 Å². The molecule has 1 aliphatic heterocycles.